The fraction of sp³-hybridized carbons (Fsp3) is 1.00. The zero-order chi connectivity index (χ0) is 14.5. The van der Waals surface area contributed by atoms with Crippen molar-refractivity contribution in [1.29, 1.82) is 0 Å². The van der Waals surface area contributed by atoms with Crippen LogP contribution in [0.2, 0.25) is 0 Å². The number of sulfonamides is 1. The van der Waals surface area contributed by atoms with Gasteiger partial charge in [0.05, 0.1) is 4.75 Å². The molecule has 2 N–H and O–H groups in total. The standard InChI is InChI=1S/C13H29N3O2S/c1-13(2,3)19(17,18)16-10-6-9-15(11-12-16)8-5-4-7-14/h4-12,14H2,1-3H3. The summed E-state index contributed by atoms with van der Waals surface area (Å²) in [6.07, 6.45) is 3.06. The minimum Gasteiger partial charge on any atom is -0.330 e. The Hall–Kier alpha value is -0.170. The van der Waals surface area contributed by atoms with Gasteiger partial charge in [0, 0.05) is 19.6 Å². The Balaban J connectivity index is 2.55. The zero-order valence-corrected chi connectivity index (χ0v) is 13.4. The fourth-order valence-corrected chi connectivity index (χ4v) is 3.74. The van der Waals surface area contributed by atoms with Gasteiger partial charge in [0.1, 0.15) is 0 Å². The first-order chi connectivity index (χ1) is 8.79. The third-order valence-corrected chi connectivity index (χ3v) is 6.18. The molecule has 0 spiro atoms. The Kier molecular flexibility index (Phi) is 6.23. The van der Waals surface area contributed by atoms with Crippen molar-refractivity contribution in [3.63, 3.8) is 0 Å². The minimum atomic E-state index is -3.18. The van der Waals surface area contributed by atoms with Crippen molar-refractivity contribution in [1.82, 2.24) is 9.21 Å². The van der Waals surface area contributed by atoms with Crippen molar-refractivity contribution >= 4 is 10.0 Å². The van der Waals surface area contributed by atoms with Gasteiger partial charge in [0.15, 0.2) is 0 Å². The number of unbranched alkanes of at least 4 members (excludes halogenated alkanes) is 1. The maximum atomic E-state index is 12.4. The van der Waals surface area contributed by atoms with E-state index in [-0.39, 0.29) is 0 Å². The summed E-state index contributed by atoms with van der Waals surface area (Å²) in [4.78, 5) is 2.36. The summed E-state index contributed by atoms with van der Waals surface area (Å²) >= 11 is 0. The number of hydrogen-bond acceptors (Lipinski definition) is 4. The third kappa shape index (κ3) is 4.70. The van der Waals surface area contributed by atoms with Crippen molar-refractivity contribution in [2.75, 3.05) is 39.3 Å². The van der Waals surface area contributed by atoms with Crippen LogP contribution >= 0.6 is 0 Å². The first kappa shape index (κ1) is 16.9. The topological polar surface area (TPSA) is 66.6 Å². The van der Waals surface area contributed by atoms with E-state index < -0.39 is 14.8 Å². The van der Waals surface area contributed by atoms with E-state index in [1.54, 1.807) is 25.1 Å². The van der Waals surface area contributed by atoms with Gasteiger partial charge >= 0.3 is 0 Å². The molecule has 5 nitrogen and oxygen atoms in total. The number of hydrogen-bond donors (Lipinski definition) is 1. The summed E-state index contributed by atoms with van der Waals surface area (Å²) < 4.78 is 25.8. The SMILES string of the molecule is CC(C)(C)S(=O)(=O)N1CCCN(CCCCN)CC1. The lowest BCUT2D eigenvalue weighted by molar-refractivity contribution is 0.280. The van der Waals surface area contributed by atoms with Crippen LogP contribution in [-0.2, 0) is 10.0 Å². The van der Waals surface area contributed by atoms with E-state index in [0.29, 0.717) is 13.1 Å². The quantitative estimate of drug-likeness (QED) is 0.763. The lowest BCUT2D eigenvalue weighted by atomic mass is 10.3. The molecule has 0 amide bonds. The number of nitrogens with zero attached hydrogens (tertiary/aromatic N) is 2. The second-order valence-electron chi connectivity index (χ2n) is 6.21. The second kappa shape index (κ2) is 7.02. The van der Waals surface area contributed by atoms with Crippen molar-refractivity contribution in [3.8, 4) is 0 Å². The summed E-state index contributed by atoms with van der Waals surface area (Å²) in [7, 11) is -3.18. The molecule has 0 aromatic heterocycles. The predicted octanol–water partition coefficient (Wildman–Crippen LogP) is 0.861. The summed E-state index contributed by atoms with van der Waals surface area (Å²) in [6, 6.07) is 0. The molecule has 0 saturated carbocycles. The third-order valence-electron chi connectivity index (χ3n) is 3.59. The van der Waals surface area contributed by atoms with E-state index in [1.165, 1.54) is 0 Å². The van der Waals surface area contributed by atoms with Crippen molar-refractivity contribution in [3.05, 3.63) is 0 Å². The molecule has 0 aromatic rings. The Bertz CT molecular complexity index is 363. The van der Waals surface area contributed by atoms with Crippen molar-refractivity contribution in [2.24, 2.45) is 5.73 Å². The average Bonchev–Trinajstić information content (AvgIpc) is 2.54. The van der Waals surface area contributed by atoms with E-state index in [4.69, 9.17) is 5.73 Å². The van der Waals surface area contributed by atoms with Gasteiger partial charge < -0.3 is 10.6 Å². The molecule has 6 heteroatoms. The number of rotatable bonds is 5. The Labute approximate surface area is 118 Å². The lowest BCUT2D eigenvalue weighted by Gasteiger charge is -2.29. The first-order valence-corrected chi connectivity index (χ1v) is 8.65. The van der Waals surface area contributed by atoms with Gasteiger partial charge in [-0.05, 0) is 59.7 Å². The van der Waals surface area contributed by atoms with Crippen LogP contribution in [0.15, 0.2) is 0 Å². The van der Waals surface area contributed by atoms with Crippen LogP contribution < -0.4 is 5.73 Å². The van der Waals surface area contributed by atoms with Gasteiger partial charge in [-0.25, -0.2) is 12.7 Å². The van der Waals surface area contributed by atoms with Gasteiger partial charge in [-0.15, -0.1) is 0 Å². The average molecular weight is 291 g/mol. The van der Waals surface area contributed by atoms with E-state index >= 15 is 0 Å². The second-order valence-corrected chi connectivity index (χ2v) is 8.90. The van der Waals surface area contributed by atoms with Gasteiger partial charge in [0.25, 0.3) is 0 Å². The van der Waals surface area contributed by atoms with E-state index in [1.807, 2.05) is 0 Å². The molecule has 1 saturated heterocycles. The summed E-state index contributed by atoms with van der Waals surface area (Å²) in [5.41, 5.74) is 5.50. The summed E-state index contributed by atoms with van der Waals surface area (Å²) in [5, 5.41) is 0. The van der Waals surface area contributed by atoms with E-state index in [0.717, 1.165) is 45.4 Å². The van der Waals surface area contributed by atoms with Crippen molar-refractivity contribution < 1.29 is 8.42 Å². The summed E-state index contributed by atoms with van der Waals surface area (Å²) in [5.74, 6) is 0. The molecule has 1 aliphatic heterocycles. The predicted molar refractivity (Wildman–Crippen MR) is 79.6 cm³/mol. The lowest BCUT2D eigenvalue weighted by Crippen LogP contribution is -2.44. The molecule has 0 aromatic carbocycles. The van der Waals surface area contributed by atoms with Crippen LogP contribution in [-0.4, -0.2) is 61.6 Å². The van der Waals surface area contributed by atoms with E-state index in [9.17, 15) is 8.42 Å². The van der Waals surface area contributed by atoms with Crippen LogP contribution in [0, 0.1) is 0 Å². The highest BCUT2D eigenvalue weighted by atomic mass is 32.2. The largest absolute Gasteiger partial charge is 0.330 e. The minimum absolute atomic E-state index is 0.613. The monoisotopic (exact) mass is 291 g/mol. The van der Waals surface area contributed by atoms with Crippen LogP contribution in [0.25, 0.3) is 0 Å². The Morgan fingerprint density at radius 1 is 1.05 bits per heavy atom. The smallest absolute Gasteiger partial charge is 0.219 e. The molecular formula is C13H29N3O2S. The maximum absolute atomic E-state index is 12.4. The van der Waals surface area contributed by atoms with Crippen LogP contribution in [0.4, 0.5) is 0 Å². The molecule has 1 heterocycles. The fourth-order valence-electron chi connectivity index (χ4n) is 2.28. The Morgan fingerprint density at radius 2 is 1.74 bits per heavy atom. The molecular weight excluding hydrogens is 262 g/mol. The molecule has 0 atom stereocenters. The van der Waals surface area contributed by atoms with Crippen molar-refractivity contribution in [2.45, 2.75) is 44.8 Å². The van der Waals surface area contributed by atoms with Gasteiger partial charge in [-0.2, -0.15) is 0 Å². The van der Waals surface area contributed by atoms with Crippen LogP contribution in [0.5, 0.6) is 0 Å². The highest BCUT2D eigenvalue weighted by molar-refractivity contribution is 7.90. The highest BCUT2D eigenvalue weighted by Gasteiger charge is 2.35. The maximum Gasteiger partial charge on any atom is 0.219 e. The molecule has 1 rings (SSSR count). The molecule has 1 fully saturated rings. The summed E-state index contributed by atoms with van der Waals surface area (Å²) in [6.45, 7) is 10.2. The van der Waals surface area contributed by atoms with Crippen LogP contribution in [0.3, 0.4) is 0 Å². The van der Waals surface area contributed by atoms with Crippen LogP contribution in [0.1, 0.15) is 40.0 Å². The van der Waals surface area contributed by atoms with E-state index in [2.05, 4.69) is 4.90 Å². The van der Waals surface area contributed by atoms with Gasteiger partial charge in [-0.1, -0.05) is 0 Å². The van der Waals surface area contributed by atoms with Gasteiger partial charge in [0.2, 0.25) is 10.0 Å². The first-order valence-electron chi connectivity index (χ1n) is 7.21. The molecule has 0 unspecified atom stereocenters. The molecule has 114 valence electrons. The normalized spacial score (nSPS) is 20.4. The number of nitrogens with two attached hydrogens (primary N) is 1. The van der Waals surface area contributed by atoms with Gasteiger partial charge in [-0.3, -0.25) is 0 Å². The Morgan fingerprint density at radius 3 is 2.32 bits per heavy atom. The molecule has 1 aliphatic rings. The molecule has 0 aliphatic carbocycles. The molecule has 19 heavy (non-hydrogen) atoms. The molecule has 0 radical (unpaired) electrons. The molecule has 0 bridgehead atoms. The highest BCUT2D eigenvalue weighted by Crippen LogP contribution is 2.21. The zero-order valence-electron chi connectivity index (χ0n) is 12.6.